The van der Waals surface area contributed by atoms with Crippen LogP contribution in [0.25, 0.3) is 5.82 Å². The normalized spacial score (nSPS) is 12.1. The van der Waals surface area contributed by atoms with E-state index in [0.29, 0.717) is 17.8 Å². The molecule has 0 radical (unpaired) electrons. The molecule has 0 aliphatic rings. The van der Waals surface area contributed by atoms with Gasteiger partial charge in [-0.05, 0) is 18.6 Å². The Kier molecular flexibility index (Phi) is 4.78. The van der Waals surface area contributed by atoms with Crippen molar-refractivity contribution >= 4 is 5.91 Å². The van der Waals surface area contributed by atoms with Gasteiger partial charge in [-0.1, -0.05) is 13.3 Å². The Morgan fingerprint density at radius 2 is 2.35 bits per heavy atom. The molecule has 0 fully saturated rings. The minimum atomic E-state index is -0.508. The molecule has 0 aliphatic heterocycles. The van der Waals surface area contributed by atoms with Crippen molar-refractivity contribution in [3.63, 3.8) is 0 Å². The highest BCUT2D eigenvalue weighted by Gasteiger charge is 2.09. The first kappa shape index (κ1) is 14.1. The zero-order chi connectivity index (χ0) is 14.4. The Balaban J connectivity index is 1.94. The smallest absolute Gasteiger partial charge is 0.252 e. The number of pyridine rings is 1. The molecule has 2 rings (SSSR count). The topological polar surface area (TPSA) is 92.9 Å². The zero-order valence-corrected chi connectivity index (χ0v) is 11.2. The third kappa shape index (κ3) is 3.61. The average Bonchev–Trinajstić information content (AvgIpc) is 2.99. The van der Waals surface area contributed by atoms with Gasteiger partial charge in [0, 0.05) is 12.7 Å². The van der Waals surface area contributed by atoms with Crippen molar-refractivity contribution < 1.29 is 9.90 Å². The predicted molar refractivity (Wildman–Crippen MR) is 72.4 cm³/mol. The Bertz CT molecular complexity index is 538. The molecular formula is C13H17N5O2. The van der Waals surface area contributed by atoms with Gasteiger partial charge in [0.2, 0.25) is 0 Å². The lowest BCUT2D eigenvalue weighted by atomic mass is 10.2. The quantitative estimate of drug-likeness (QED) is 0.803. The van der Waals surface area contributed by atoms with Crippen LogP contribution in [-0.2, 0) is 0 Å². The number of rotatable bonds is 6. The van der Waals surface area contributed by atoms with E-state index in [2.05, 4.69) is 20.4 Å². The molecule has 1 unspecified atom stereocenters. The number of aliphatic hydroxyl groups excluding tert-OH is 1. The molecule has 0 saturated heterocycles. The monoisotopic (exact) mass is 275 g/mol. The standard InChI is InChI=1S/C13H17N5O2/c1-2-3-11(19)7-16-13(20)10-4-5-12(15-6-10)18-9-14-8-17-18/h4-6,8-9,11,19H,2-3,7H2,1H3,(H,16,20). The number of aliphatic hydroxyl groups is 1. The van der Waals surface area contributed by atoms with Crippen molar-refractivity contribution in [1.82, 2.24) is 25.1 Å². The van der Waals surface area contributed by atoms with Crippen molar-refractivity contribution in [1.29, 1.82) is 0 Å². The lowest BCUT2D eigenvalue weighted by Gasteiger charge is -2.10. The summed E-state index contributed by atoms with van der Waals surface area (Å²) in [5.41, 5.74) is 0.442. The van der Waals surface area contributed by atoms with E-state index in [1.165, 1.54) is 23.5 Å². The van der Waals surface area contributed by atoms with Gasteiger partial charge in [0.05, 0.1) is 11.7 Å². The SMILES string of the molecule is CCCC(O)CNC(=O)c1ccc(-n2cncn2)nc1. The van der Waals surface area contributed by atoms with E-state index in [1.54, 1.807) is 12.1 Å². The molecule has 2 aromatic rings. The van der Waals surface area contributed by atoms with Gasteiger partial charge in [-0.15, -0.1) is 0 Å². The first-order valence-electron chi connectivity index (χ1n) is 6.48. The van der Waals surface area contributed by atoms with Crippen LogP contribution in [0.4, 0.5) is 0 Å². The number of nitrogens with one attached hydrogen (secondary N) is 1. The molecule has 2 N–H and O–H groups in total. The minimum Gasteiger partial charge on any atom is -0.391 e. The summed E-state index contributed by atoms with van der Waals surface area (Å²) in [6.07, 6.45) is 5.46. The highest BCUT2D eigenvalue weighted by molar-refractivity contribution is 5.93. The minimum absolute atomic E-state index is 0.248. The summed E-state index contributed by atoms with van der Waals surface area (Å²) < 4.78 is 1.51. The lowest BCUT2D eigenvalue weighted by Crippen LogP contribution is -2.32. The molecule has 0 aliphatic carbocycles. The summed E-state index contributed by atoms with van der Waals surface area (Å²) in [4.78, 5) is 19.8. The van der Waals surface area contributed by atoms with Crippen molar-refractivity contribution in [2.75, 3.05) is 6.54 Å². The van der Waals surface area contributed by atoms with Crippen LogP contribution in [0.3, 0.4) is 0 Å². The second-order valence-corrected chi connectivity index (χ2v) is 4.40. The van der Waals surface area contributed by atoms with Gasteiger partial charge in [-0.25, -0.2) is 14.6 Å². The fourth-order valence-corrected chi connectivity index (χ4v) is 1.73. The van der Waals surface area contributed by atoms with Gasteiger partial charge >= 0.3 is 0 Å². The fraction of sp³-hybridized carbons (Fsp3) is 0.385. The maximum atomic E-state index is 11.9. The zero-order valence-electron chi connectivity index (χ0n) is 11.2. The van der Waals surface area contributed by atoms with E-state index in [0.717, 1.165) is 6.42 Å². The van der Waals surface area contributed by atoms with Crippen molar-refractivity contribution in [2.24, 2.45) is 0 Å². The molecule has 0 saturated carbocycles. The molecule has 2 heterocycles. The fourth-order valence-electron chi connectivity index (χ4n) is 1.73. The van der Waals surface area contributed by atoms with E-state index in [4.69, 9.17) is 0 Å². The van der Waals surface area contributed by atoms with E-state index in [9.17, 15) is 9.90 Å². The molecule has 2 aromatic heterocycles. The largest absolute Gasteiger partial charge is 0.391 e. The summed E-state index contributed by atoms with van der Waals surface area (Å²) in [6, 6.07) is 3.34. The van der Waals surface area contributed by atoms with Gasteiger partial charge in [-0.2, -0.15) is 5.10 Å². The summed E-state index contributed by atoms with van der Waals surface area (Å²) in [5.74, 6) is 0.336. The van der Waals surface area contributed by atoms with Crippen LogP contribution < -0.4 is 5.32 Å². The van der Waals surface area contributed by atoms with Crippen LogP contribution in [-0.4, -0.2) is 43.4 Å². The molecule has 0 bridgehead atoms. The molecule has 1 amide bonds. The molecule has 7 nitrogen and oxygen atoms in total. The predicted octanol–water partition coefficient (Wildman–Crippen LogP) is 0.553. The van der Waals surface area contributed by atoms with Crippen LogP contribution in [0.1, 0.15) is 30.1 Å². The Morgan fingerprint density at radius 3 is 2.95 bits per heavy atom. The second-order valence-electron chi connectivity index (χ2n) is 4.40. The summed E-state index contributed by atoms with van der Waals surface area (Å²) in [5, 5.41) is 16.2. The molecule has 0 spiro atoms. The van der Waals surface area contributed by atoms with Crippen molar-refractivity contribution in [2.45, 2.75) is 25.9 Å². The van der Waals surface area contributed by atoms with Crippen molar-refractivity contribution in [3.8, 4) is 5.82 Å². The number of nitrogens with zero attached hydrogens (tertiary/aromatic N) is 4. The molecule has 106 valence electrons. The Hall–Kier alpha value is -2.28. The van der Waals surface area contributed by atoms with Crippen LogP contribution in [0.15, 0.2) is 31.0 Å². The summed E-state index contributed by atoms with van der Waals surface area (Å²) in [6.45, 7) is 2.23. The van der Waals surface area contributed by atoms with E-state index in [1.807, 2.05) is 6.92 Å². The number of carbonyl (C=O) groups excluding carboxylic acids is 1. The molecule has 1 atom stereocenters. The van der Waals surface area contributed by atoms with Crippen LogP contribution >= 0.6 is 0 Å². The Labute approximate surface area is 116 Å². The maximum absolute atomic E-state index is 11.9. The highest BCUT2D eigenvalue weighted by atomic mass is 16.3. The van der Waals surface area contributed by atoms with Gasteiger partial charge in [0.1, 0.15) is 12.7 Å². The van der Waals surface area contributed by atoms with Crippen molar-refractivity contribution in [3.05, 3.63) is 36.5 Å². The van der Waals surface area contributed by atoms with Gasteiger partial charge in [0.25, 0.3) is 5.91 Å². The summed E-state index contributed by atoms with van der Waals surface area (Å²) in [7, 11) is 0. The van der Waals surface area contributed by atoms with Gasteiger partial charge in [0.15, 0.2) is 5.82 Å². The molecular weight excluding hydrogens is 258 g/mol. The maximum Gasteiger partial charge on any atom is 0.252 e. The number of aromatic nitrogens is 4. The van der Waals surface area contributed by atoms with Gasteiger partial charge in [-0.3, -0.25) is 4.79 Å². The second kappa shape index (κ2) is 6.76. The first-order chi connectivity index (χ1) is 9.70. The molecule has 20 heavy (non-hydrogen) atoms. The van der Waals surface area contributed by atoms with Crippen LogP contribution in [0.5, 0.6) is 0 Å². The van der Waals surface area contributed by atoms with E-state index < -0.39 is 6.10 Å². The lowest BCUT2D eigenvalue weighted by molar-refractivity contribution is 0.0910. The summed E-state index contributed by atoms with van der Waals surface area (Å²) >= 11 is 0. The van der Waals surface area contributed by atoms with Gasteiger partial charge < -0.3 is 10.4 Å². The molecule has 0 aromatic carbocycles. The van der Waals surface area contributed by atoms with Crippen LogP contribution in [0.2, 0.25) is 0 Å². The van der Waals surface area contributed by atoms with Crippen LogP contribution in [0, 0.1) is 0 Å². The number of amides is 1. The third-order valence-corrected chi connectivity index (χ3v) is 2.78. The first-order valence-corrected chi connectivity index (χ1v) is 6.48. The Morgan fingerprint density at radius 1 is 1.50 bits per heavy atom. The number of hydrogen-bond acceptors (Lipinski definition) is 5. The number of hydrogen-bond donors (Lipinski definition) is 2. The third-order valence-electron chi connectivity index (χ3n) is 2.78. The number of carbonyl (C=O) groups is 1. The highest BCUT2D eigenvalue weighted by Crippen LogP contribution is 2.04. The van der Waals surface area contributed by atoms with E-state index in [-0.39, 0.29) is 12.5 Å². The molecule has 7 heteroatoms. The average molecular weight is 275 g/mol. The van der Waals surface area contributed by atoms with E-state index >= 15 is 0 Å².